The van der Waals surface area contributed by atoms with Crippen LogP contribution in [0.3, 0.4) is 0 Å². The Labute approximate surface area is 112 Å². The van der Waals surface area contributed by atoms with E-state index in [-0.39, 0.29) is 5.78 Å². The average molecular weight is 256 g/mol. The maximum atomic E-state index is 11.5. The average Bonchev–Trinajstić information content (AvgIpc) is 2.46. The lowest BCUT2D eigenvalue weighted by Gasteiger charge is -2.03. The van der Waals surface area contributed by atoms with Gasteiger partial charge in [-0.15, -0.1) is 11.8 Å². The first-order valence-electron chi connectivity index (χ1n) is 6.09. The first-order valence-corrected chi connectivity index (χ1v) is 7.08. The molecule has 2 aromatic carbocycles. The second-order valence-electron chi connectivity index (χ2n) is 4.08. The summed E-state index contributed by atoms with van der Waals surface area (Å²) in [6.45, 7) is 1.89. The van der Waals surface area contributed by atoms with Crippen LogP contribution in [-0.2, 0) is 5.75 Å². The molecule has 18 heavy (non-hydrogen) atoms. The smallest absolute Gasteiger partial charge is 0.162 e. The maximum absolute atomic E-state index is 11.5. The molecule has 92 valence electrons. The summed E-state index contributed by atoms with van der Waals surface area (Å²) in [5.41, 5.74) is 2.06. The van der Waals surface area contributed by atoms with E-state index in [2.05, 4.69) is 12.1 Å². The molecule has 0 spiro atoms. The zero-order chi connectivity index (χ0) is 12.8. The van der Waals surface area contributed by atoms with E-state index in [0.29, 0.717) is 6.42 Å². The monoisotopic (exact) mass is 256 g/mol. The lowest BCUT2D eigenvalue weighted by molar-refractivity contribution is 0.0988. The molecule has 0 heterocycles. The second-order valence-corrected chi connectivity index (χ2v) is 5.12. The third-order valence-electron chi connectivity index (χ3n) is 2.75. The molecule has 0 aliphatic carbocycles. The van der Waals surface area contributed by atoms with Crippen molar-refractivity contribution >= 4 is 17.5 Å². The predicted octanol–water partition coefficient (Wildman–Crippen LogP) is 4.57. The molecule has 2 rings (SSSR count). The fourth-order valence-corrected chi connectivity index (χ4v) is 2.55. The quantitative estimate of drug-likeness (QED) is 0.575. The molecule has 2 aromatic rings. The summed E-state index contributed by atoms with van der Waals surface area (Å²) in [5.74, 6) is 1.14. The van der Waals surface area contributed by atoms with Crippen molar-refractivity contribution in [2.24, 2.45) is 0 Å². The van der Waals surface area contributed by atoms with Gasteiger partial charge in [0.15, 0.2) is 5.78 Å². The van der Waals surface area contributed by atoms with Crippen LogP contribution in [-0.4, -0.2) is 5.78 Å². The van der Waals surface area contributed by atoms with Gasteiger partial charge >= 0.3 is 0 Å². The van der Waals surface area contributed by atoms with E-state index in [1.165, 1.54) is 10.5 Å². The molecular weight excluding hydrogens is 240 g/mol. The van der Waals surface area contributed by atoms with Crippen molar-refractivity contribution in [2.75, 3.05) is 0 Å². The van der Waals surface area contributed by atoms with Gasteiger partial charge in [0.05, 0.1) is 0 Å². The third kappa shape index (κ3) is 3.47. The number of thioether (sulfide) groups is 1. The molecule has 2 heteroatoms. The number of hydrogen-bond donors (Lipinski definition) is 0. The Kier molecular flexibility index (Phi) is 4.59. The van der Waals surface area contributed by atoms with Crippen molar-refractivity contribution in [3.63, 3.8) is 0 Å². The second kappa shape index (κ2) is 6.41. The van der Waals surface area contributed by atoms with Gasteiger partial charge in [-0.25, -0.2) is 0 Å². The van der Waals surface area contributed by atoms with Crippen LogP contribution < -0.4 is 0 Å². The summed E-state index contributed by atoms with van der Waals surface area (Å²) in [6.07, 6.45) is 0.568. The van der Waals surface area contributed by atoms with Gasteiger partial charge in [-0.1, -0.05) is 49.4 Å². The van der Waals surface area contributed by atoms with Crippen molar-refractivity contribution in [1.82, 2.24) is 0 Å². The third-order valence-corrected chi connectivity index (χ3v) is 3.83. The van der Waals surface area contributed by atoms with Crippen molar-refractivity contribution in [2.45, 2.75) is 24.0 Å². The van der Waals surface area contributed by atoms with Gasteiger partial charge in [-0.05, 0) is 17.7 Å². The molecule has 0 fully saturated rings. The number of benzene rings is 2. The van der Waals surface area contributed by atoms with Crippen molar-refractivity contribution in [3.05, 3.63) is 65.7 Å². The zero-order valence-electron chi connectivity index (χ0n) is 10.4. The van der Waals surface area contributed by atoms with Crippen LogP contribution >= 0.6 is 11.8 Å². The standard InChI is InChI=1S/C16H16OS/c1-2-16(17)14-10-8-13(9-11-14)12-18-15-6-4-3-5-7-15/h3-11H,2,12H2,1H3. The summed E-state index contributed by atoms with van der Waals surface area (Å²) in [5, 5.41) is 0. The molecule has 0 N–H and O–H groups in total. The number of rotatable bonds is 5. The minimum absolute atomic E-state index is 0.206. The van der Waals surface area contributed by atoms with Crippen LogP contribution in [0, 0.1) is 0 Å². The minimum atomic E-state index is 0.206. The van der Waals surface area contributed by atoms with Gasteiger partial charge in [0.1, 0.15) is 0 Å². The van der Waals surface area contributed by atoms with Crippen molar-refractivity contribution in [3.8, 4) is 0 Å². The lowest BCUT2D eigenvalue weighted by Crippen LogP contribution is -1.95. The molecule has 0 amide bonds. The fraction of sp³-hybridized carbons (Fsp3) is 0.188. The van der Waals surface area contributed by atoms with Crippen molar-refractivity contribution in [1.29, 1.82) is 0 Å². The molecule has 0 aromatic heterocycles. The number of Topliss-reactive ketones (excluding diaryl/α,β-unsaturated/α-hetero) is 1. The first-order chi connectivity index (χ1) is 8.79. The highest BCUT2D eigenvalue weighted by Gasteiger charge is 2.02. The van der Waals surface area contributed by atoms with Crippen LogP contribution in [0.1, 0.15) is 29.3 Å². The summed E-state index contributed by atoms with van der Waals surface area (Å²) in [4.78, 5) is 12.8. The number of carbonyl (C=O) groups is 1. The fourth-order valence-electron chi connectivity index (χ4n) is 1.67. The number of ketones is 1. The molecule has 1 nitrogen and oxygen atoms in total. The van der Waals surface area contributed by atoms with Crippen LogP contribution in [0.5, 0.6) is 0 Å². The van der Waals surface area contributed by atoms with E-state index in [9.17, 15) is 4.79 Å². The Morgan fingerprint density at radius 2 is 1.67 bits per heavy atom. The molecule has 0 radical (unpaired) electrons. The van der Waals surface area contributed by atoms with E-state index in [0.717, 1.165) is 11.3 Å². The first kappa shape index (κ1) is 12.9. The van der Waals surface area contributed by atoms with Gasteiger partial charge in [0.25, 0.3) is 0 Å². The SMILES string of the molecule is CCC(=O)c1ccc(CSc2ccccc2)cc1. The summed E-state index contributed by atoms with van der Waals surface area (Å²) < 4.78 is 0. The van der Waals surface area contributed by atoms with E-state index >= 15 is 0 Å². The molecule has 0 atom stereocenters. The number of hydrogen-bond acceptors (Lipinski definition) is 2. The molecule has 0 saturated carbocycles. The van der Waals surface area contributed by atoms with E-state index in [4.69, 9.17) is 0 Å². The highest BCUT2D eigenvalue weighted by Crippen LogP contribution is 2.22. The Morgan fingerprint density at radius 3 is 2.28 bits per heavy atom. The van der Waals surface area contributed by atoms with Gasteiger partial charge < -0.3 is 0 Å². The summed E-state index contributed by atoms with van der Waals surface area (Å²) >= 11 is 1.81. The topological polar surface area (TPSA) is 17.1 Å². The van der Waals surface area contributed by atoms with Gasteiger partial charge in [0.2, 0.25) is 0 Å². The zero-order valence-corrected chi connectivity index (χ0v) is 11.2. The normalized spacial score (nSPS) is 10.3. The van der Waals surface area contributed by atoms with E-state index < -0.39 is 0 Å². The van der Waals surface area contributed by atoms with Gasteiger partial charge in [0, 0.05) is 22.6 Å². The van der Waals surface area contributed by atoms with Crippen molar-refractivity contribution < 1.29 is 4.79 Å². The lowest BCUT2D eigenvalue weighted by atomic mass is 10.1. The molecule has 0 aliphatic heterocycles. The molecule has 0 saturated heterocycles. The molecule has 0 unspecified atom stereocenters. The largest absolute Gasteiger partial charge is 0.294 e. The Hall–Kier alpha value is -1.54. The predicted molar refractivity (Wildman–Crippen MR) is 77.1 cm³/mol. The van der Waals surface area contributed by atoms with E-state index in [1.54, 1.807) is 0 Å². The van der Waals surface area contributed by atoms with Crippen LogP contribution in [0.15, 0.2) is 59.5 Å². The highest BCUT2D eigenvalue weighted by atomic mass is 32.2. The Balaban J connectivity index is 1.97. The molecule has 0 bridgehead atoms. The Bertz CT molecular complexity index is 502. The summed E-state index contributed by atoms with van der Waals surface area (Å²) in [6, 6.07) is 18.3. The summed E-state index contributed by atoms with van der Waals surface area (Å²) in [7, 11) is 0. The minimum Gasteiger partial charge on any atom is -0.294 e. The van der Waals surface area contributed by atoms with Gasteiger partial charge in [-0.3, -0.25) is 4.79 Å². The van der Waals surface area contributed by atoms with Crippen LogP contribution in [0.25, 0.3) is 0 Å². The van der Waals surface area contributed by atoms with Crippen LogP contribution in [0.2, 0.25) is 0 Å². The van der Waals surface area contributed by atoms with E-state index in [1.807, 2.05) is 61.2 Å². The maximum Gasteiger partial charge on any atom is 0.162 e. The van der Waals surface area contributed by atoms with Gasteiger partial charge in [-0.2, -0.15) is 0 Å². The highest BCUT2D eigenvalue weighted by molar-refractivity contribution is 7.98. The Morgan fingerprint density at radius 1 is 1.00 bits per heavy atom. The molecule has 0 aliphatic rings. The van der Waals surface area contributed by atoms with Crippen LogP contribution in [0.4, 0.5) is 0 Å². The molecular formula is C16H16OS. The number of carbonyl (C=O) groups excluding carboxylic acids is 1.